The number of carbonyl (C=O) groups excluding carboxylic acids is 2. The number of rotatable bonds is 8. The highest BCUT2D eigenvalue weighted by Crippen LogP contribution is 2.10. The molecule has 3 amide bonds. The number of hydrogen-bond donors (Lipinski definition) is 4. The SMILES string of the molecule is CCCNCCNC(=O)c1cccc(NC(=O)NC(C)C)c1. The van der Waals surface area contributed by atoms with Gasteiger partial charge in [0.05, 0.1) is 0 Å². The van der Waals surface area contributed by atoms with Crippen molar-refractivity contribution in [3.8, 4) is 0 Å². The minimum atomic E-state index is -0.281. The Bertz CT molecular complexity index is 489. The number of carbonyl (C=O) groups is 2. The number of nitrogens with one attached hydrogen (secondary N) is 4. The van der Waals surface area contributed by atoms with Crippen molar-refractivity contribution in [1.82, 2.24) is 16.0 Å². The minimum Gasteiger partial charge on any atom is -0.351 e. The molecule has 0 fully saturated rings. The van der Waals surface area contributed by atoms with E-state index in [0.717, 1.165) is 19.5 Å². The van der Waals surface area contributed by atoms with E-state index in [0.29, 0.717) is 17.8 Å². The first kappa shape index (κ1) is 18.0. The smallest absolute Gasteiger partial charge is 0.319 e. The molecule has 0 atom stereocenters. The first-order valence-electron chi connectivity index (χ1n) is 7.69. The van der Waals surface area contributed by atoms with E-state index in [1.165, 1.54) is 0 Å². The van der Waals surface area contributed by atoms with Gasteiger partial charge in [-0.3, -0.25) is 4.79 Å². The van der Waals surface area contributed by atoms with Gasteiger partial charge in [0.1, 0.15) is 0 Å². The van der Waals surface area contributed by atoms with Crippen LogP contribution in [0.1, 0.15) is 37.6 Å². The predicted molar refractivity (Wildman–Crippen MR) is 89.2 cm³/mol. The second-order valence-electron chi connectivity index (χ2n) is 5.34. The van der Waals surface area contributed by atoms with Gasteiger partial charge in [0, 0.05) is 30.4 Å². The summed E-state index contributed by atoms with van der Waals surface area (Å²) in [5.74, 6) is -0.147. The molecule has 0 radical (unpaired) electrons. The maximum atomic E-state index is 12.0. The van der Waals surface area contributed by atoms with Crippen molar-refractivity contribution in [3.05, 3.63) is 29.8 Å². The van der Waals surface area contributed by atoms with Crippen molar-refractivity contribution in [2.24, 2.45) is 0 Å². The third-order valence-electron chi connectivity index (χ3n) is 2.82. The molecule has 6 nitrogen and oxygen atoms in total. The first-order chi connectivity index (χ1) is 10.5. The zero-order valence-corrected chi connectivity index (χ0v) is 13.5. The zero-order valence-electron chi connectivity index (χ0n) is 13.5. The molecule has 0 aliphatic carbocycles. The van der Waals surface area contributed by atoms with Crippen LogP contribution in [0.3, 0.4) is 0 Å². The molecule has 0 saturated carbocycles. The van der Waals surface area contributed by atoms with Crippen LogP contribution in [0.2, 0.25) is 0 Å². The van der Waals surface area contributed by atoms with E-state index in [1.54, 1.807) is 24.3 Å². The van der Waals surface area contributed by atoms with Crippen molar-refractivity contribution in [1.29, 1.82) is 0 Å². The van der Waals surface area contributed by atoms with Crippen LogP contribution >= 0.6 is 0 Å². The lowest BCUT2D eigenvalue weighted by Gasteiger charge is -2.11. The highest BCUT2D eigenvalue weighted by atomic mass is 16.2. The highest BCUT2D eigenvalue weighted by molar-refractivity contribution is 5.96. The Labute approximate surface area is 132 Å². The van der Waals surface area contributed by atoms with Crippen LogP contribution in [0.15, 0.2) is 24.3 Å². The molecule has 122 valence electrons. The summed E-state index contributed by atoms with van der Waals surface area (Å²) in [6.45, 7) is 8.13. The number of hydrogen-bond acceptors (Lipinski definition) is 3. The minimum absolute atomic E-state index is 0.0575. The maximum Gasteiger partial charge on any atom is 0.319 e. The molecule has 0 unspecified atom stereocenters. The fourth-order valence-electron chi connectivity index (χ4n) is 1.84. The first-order valence-corrected chi connectivity index (χ1v) is 7.69. The quantitative estimate of drug-likeness (QED) is 0.554. The molecular formula is C16H26N4O2. The van der Waals surface area contributed by atoms with Gasteiger partial charge in [-0.1, -0.05) is 13.0 Å². The summed E-state index contributed by atoms with van der Waals surface area (Å²) in [5.41, 5.74) is 1.12. The molecule has 1 rings (SSSR count). The van der Waals surface area contributed by atoms with Gasteiger partial charge < -0.3 is 21.3 Å². The Balaban J connectivity index is 2.48. The Morgan fingerprint density at radius 3 is 2.59 bits per heavy atom. The maximum absolute atomic E-state index is 12.0. The van der Waals surface area contributed by atoms with Gasteiger partial charge in [-0.25, -0.2) is 4.79 Å². The third-order valence-corrected chi connectivity index (χ3v) is 2.82. The zero-order chi connectivity index (χ0) is 16.4. The Morgan fingerprint density at radius 2 is 1.91 bits per heavy atom. The molecular weight excluding hydrogens is 280 g/mol. The van der Waals surface area contributed by atoms with Crippen LogP contribution in [0, 0.1) is 0 Å². The van der Waals surface area contributed by atoms with Crippen LogP contribution in [0.25, 0.3) is 0 Å². The molecule has 0 aliphatic rings. The van der Waals surface area contributed by atoms with Crippen molar-refractivity contribution in [2.45, 2.75) is 33.2 Å². The van der Waals surface area contributed by atoms with E-state index < -0.39 is 0 Å². The summed E-state index contributed by atoms with van der Waals surface area (Å²) >= 11 is 0. The van der Waals surface area contributed by atoms with Gasteiger partial charge in [-0.05, 0) is 45.0 Å². The number of amides is 3. The van der Waals surface area contributed by atoms with Crippen LogP contribution < -0.4 is 21.3 Å². The summed E-state index contributed by atoms with van der Waals surface area (Å²) in [7, 11) is 0. The second kappa shape index (κ2) is 9.78. The normalized spacial score (nSPS) is 10.4. The molecule has 6 heteroatoms. The van der Waals surface area contributed by atoms with Gasteiger partial charge in [-0.15, -0.1) is 0 Å². The van der Waals surface area contributed by atoms with Crippen LogP contribution in [0.5, 0.6) is 0 Å². The van der Waals surface area contributed by atoms with E-state index >= 15 is 0 Å². The lowest BCUT2D eigenvalue weighted by atomic mass is 10.2. The van der Waals surface area contributed by atoms with Crippen molar-refractivity contribution in [3.63, 3.8) is 0 Å². The second-order valence-corrected chi connectivity index (χ2v) is 5.34. The molecule has 1 aromatic rings. The molecule has 0 aliphatic heterocycles. The van der Waals surface area contributed by atoms with E-state index in [9.17, 15) is 9.59 Å². The lowest BCUT2D eigenvalue weighted by molar-refractivity contribution is 0.0954. The number of urea groups is 1. The lowest BCUT2D eigenvalue weighted by Crippen LogP contribution is -2.34. The number of benzene rings is 1. The van der Waals surface area contributed by atoms with Gasteiger partial charge in [0.2, 0.25) is 0 Å². The van der Waals surface area contributed by atoms with Gasteiger partial charge >= 0.3 is 6.03 Å². The van der Waals surface area contributed by atoms with E-state index in [2.05, 4.69) is 28.2 Å². The van der Waals surface area contributed by atoms with Crippen molar-refractivity contribution < 1.29 is 9.59 Å². The summed E-state index contributed by atoms with van der Waals surface area (Å²) in [4.78, 5) is 23.7. The molecule has 0 bridgehead atoms. The van der Waals surface area contributed by atoms with E-state index in [1.807, 2.05) is 13.8 Å². The molecule has 0 heterocycles. The molecule has 0 aromatic heterocycles. The molecule has 0 saturated heterocycles. The van der Waals surface area contributed by atoms with Crippen LogP contribution in [0.4, 0.5) is 10.5 Å². The largest absolute Gasteiger partial charge is 0.351 e. The monoisotopic (exact) mass is 306 g/mol. The van der Waals surface area contributed by atoms with E-state index in [-0.39, 0.29) is 18.0 Å². The Hall–Kier alpha value is -2.08. The molecule has 4 N–H and O–H groups in total. The average molecular weight is 306 g/mol. The van der Waals surface area contributed by atoms with Gasteiger partial charge in [0.15, 0.2) is 0 Å². The summed E-state index contributed by atoms with van der Waals surface area (Å²) < 4.78 is 0. The van der Waals surface area contributed by atoms with Crippen LogP contribution in [-0.4, -0.2) is 37.6 Å². The fraction of sp³-hybridized carbons (Fsp3) is 0.500. The average Bonchev–Trinajstić information content (AvgIpc) is 2.46. The highest BCUT2D eigenvalue weighted by Gasteiger charge is 2.07. The predicted octanol–water partition coefficient (Wildman–Crippen LogP) is 1.95. The van der Waals surface area contributed by atoms with E-state index in [4.69, 9.17) is 0 Å². The van der Waals surface area contributed by atoms with Gasteiger partial charge in [0.25, 0.3) is 5.91 Å². The number of anilines is 1. The topological polar surface area (TPSA) is 82.3 Å². The summed E-state index contributed by atoms with van der Waals surface area (Å²) in [5, 5.41) is 11.5. The third kappa shape index (κ3) is 7.08. The molecule has 22 heavy (non-hydrogen) atoms. The standard InChI is InChI=1S/C16H26N4O2/c1-4-8-17-9-10-18-15(21)13-6-5-7-14(11-13)20-16(22)19-12(2)3/h5-7,11-12,17H,4,8-10H2,1-3H3,(H,18,21)(H2,19,20,22). The Morgan fingerprint density at radius 1 is 1.14 bits per heavy atom. The fourth-order valence-corrected chi connectivity index (χ4v) is 1.84. The molecule has 0 spiro atoms. The molecule has 1 aromatic carbocycles. The van der Waals surface area contributed by atoms with Crippen LogP contribution in [-0.2, 0) is 0 Å². The van der Waals surface area contributed by atoms with Crippen molar-refractivity contribution in [2.75, 3.05) is 25.0 Å². The summed E-state index contributed by atoms with van der Waals surface area (Å²) in [6.07, 6.45) is 1.07. The van der Waals surface area contributed by atoms with Crippen molar-refractivity contribution >= 4 is 17.6 Å². The van der Waals surface area contributed by atoms with Gasteiger partial charge in [-0.2, -0.15) is 0 Å². The Kier molecular flexibility index (Phi) is 7.99. The summed E-state index contributed by atoms with van der Waals surface area (Å²) in [6, 6.07) is 6.66.